The first-order chi connectivity index (χ1) is 12.6. The van der Waals surface area contributed by atoms with E-state index in [4.69, 9.17) is 4.74 Å². The standard InChI is InChI=1S/C17H20FN3O5S/c1-16(2,3)20(15(22)23)14-19-17(9-26-7-10(17)8-27-14)12-6-11(21(24)25)4-5-13(12)18/h4-6,10H,7-9H2,1-3H3,(H,22,23). The van der Waals surface area contributed by atoms with Gasteiger partial charge in [-0.25, -0.2) is 14.2 Å². The summed E-state index contributed by atoms with van der Waals surface area (Å²) in [5.41, 5.74) is -2.12. The number of carboxylic acid groups (broad SMARTS) is 1. The molecule has 27 heavy (non-hydrogen) atoms. The molecule has 10 heteroatoms. The summed E-state index contributed by atoms with van der Waals surface area (Å²) in [5, 5.41) is 21.1. The maximum Gasteiger partial charge on any atom is 0.413 e. The Morgan fingerprint density at radius 1 is 1.52 bits per heavy atom. The summed E-state index contributed by atoms with van der Waals surface area (Å²) in [6, 6.07) is 3.32. The fourth-order valence-electron chi connectivity index (χ4n) is 3.39. The van der Waals surface area contributed by atoms with Crippen LogP contribution >= 0.6 is 11.8 Å². The number of fused-ring (bicyclic) bond motifs is 1. The number of rotatable bonds is 2. The molecule has 2 aliphatic heterocycles. The number of non-ortho nitro benzene ring substituents is 1. The molecule has 0 aliphatic carbocycles. The first kappa shape index (κ1) is 19.6. The number of halogens is 1. The molecule has 2 heterocycles. The van der Waals surface area contributed by atoms with Crippen molar-refractivity contribution in [2.75, 3.05) is 19.0 Å². The Bertz CT molecular complexity index is 825. The van der Waals surface area contributed by atoms with Crippen molar-refractivity contribution in [3.63, 3.8) is 0 Å². The van der Waals surface area contributed by atoms with Crippen LogP contribution in [0.2, 0.25) is 0 Å². The molecule has 0 saturated carbocycles. The van der Waals surface area contributed by atoms with Crippen LogP contribution in [0.15, 0.2) is 23.2 Å². The molecule has 2 atom stereocenters. The average Bonchev–Trinajstić information content (AvgIpc) is 2.97. The lowest BCUT2D eigenvalue weighted by molar-refractivity contribution is -0.385. The van der Waals surface area contributed by atoms with Crippen LogP contribution in [0.4, 0.5) is 14.9 Å². The third-order valence-corrected chi connectivity index (χ3v) is 5.81. The highest BCUT2D eigenvalue weighted by atomic mass is 32.2. The molecule has 0 aromatic heterocycles. The van der Waals surface area contributed by atoms with E-state index in [1.807, 2.05) is 0 Å². The molecule has 1 N–H and O–H groups in total. The predicted octanol–water partition coefficient (Wildman–Crippen LogP) is 3.46. The Labute approximate surface area is 159 Å². The molecule has 0 radical (unpaired) electrons. The van der Waals surface area contributed by atoms with E-state index in [1.165, 1.54) is 17.8 Å². The van der Waals surface area contributed by atoms with Gasteiger partial charge in [-0.1, -0.05) is 11.8 Å². The van der Waals surface area contributed by atoms with Gasteiger partial charge in [0.15, 0.2) is 5.17 Å². The van der Waals surface area contributed by atoms with Crippen LogP contribution in [0.5, 0.6) is 0 Å². The number of benzene rings is 1. The molecule has 2 aliphatic rings. The van der Waals surface area contributed by atoms with E-state index in [-0.39, 0.29) is 28.9 Å². The van der Waals surface area contributed by atoms with Crippen molar-refractivity contribution in [2.45, 2.75) is 31.8 Å². The largest absolute Gasteiger partial charge is 0.465 e. The van der Waals surface area contributed by atoms with E-state index in [1.54, 1.807) is 20.8 Å². The molecule has 1 fully saturated rings. The van der Waals surface area contributed by atoms with Gasteiger partial charge >= 0.3 is 6.09 Å². The number of hydrogen-bond donors (Lipinski definition) is 1. The predicted molar refractivity (Wildman–Crippen MR) is 98.6 cm³/mol. The van der Waals surface area contributed by atoms with Crippen molar-refractivity contribution in [2.24, 2.45) is 10.9 Å². The van der Waals surface area contributed by atoms with Crippen LogP contribution in [0.3, 0.4) is 0 Å². The van der Waals surface area contributed by atoms with Gasteiger partial charge in [0.05, 0.1) is 18.1 Å². The lowest BCUT2D eigenvalue weighted by atomic mass is 9.81. The second-order valence-corrected chi connectivity index (χ2v) is 8.54. The Morgan fingerprint density at radius 3 is 2.81 bits per heavy atom. The Morgan fingerprint density at radius 2 is 2.22 bits per heavy atom. The van der Waals surface area contributed by atoms with Crippen LogP contribution in [-0.2, 0) is 10.3 Å². The van der Waals surface area contributed by atoms with Crippen molar-refractivity contribution in [3.8, 4) is 0 Å². The molecule has 1 saturated heterocycles. The van der Waals surface area contributed by atoms with Gasteiger partial charge < -0.3 is 9.84 Å². The first-order valence-electron chi connectivity index (χ1n) is 8.34. The molecule has 3 rings (SSSR count). The molecule has 1 aromatic rings. The number of amides is 1. The Kier molecular flexibility index (Phi) is 4.89. The minimum absolute atomic E-state index is 0.0391. The number of hydrogen-bond acceptors (Lipinski definition) is 6. The first-order valence-corrected chi connectivity index (χ1v) is 9.33. The minimum atomic E-state index is -1.18. The summed E-state index contributed by atoms with van der Waals surface area (Å²) in [6.45, 7) is 5.58. The van der Waals surface area contributed by atoms with Crippen molar-refractivity contribution in [3.05, 3.63) is 39.7 Å². The maximum atomic E-state index is 14.7. The Hall–Kier alpha value is -2.20. The molecule has 0 bridgehead atoms. The summed E-state index contributed by atoms with van der Waals surface area (Å²) in [5.74, 6) is -0.358. The number of nitro benzene ring substituents is 1. The van der Waals surface area contributed by atoms with E-state index in [0.29, 0.717) is 12.4 Å². The zero-order valence-electron chi connectivity index (χ0n) is 15.1. The van der Waals surface area contributed by atoms with Crippen molar-refractivity contribution in [1.29, 1.82) is 0 Å². The highest BCUT2D eigenvalue weighted by molar-refractivity contribution is 8.13. The third kappa shape index (κ3) is 3.39. The van der Waals surface area contributed by atoms with Gasteiger partial charge in [0.1, 0.15) is 11.4 Å². The van der Waals surface area contributed by atoms with Gasteiger partial charge in [-0.15, -0.1) is 0 Å². The zero-order chi connectivity index (χ0) is 20.0. The van der Waals surface area contributed by atoms with Gasteiger partial charge in [-0.3, -0.25) is 15.0 Å². The van der Waals surface area contributed by atoms with Crippen LogP contribution in [0.1, 0.15) is 26.3 Å². The van der Waals surface area contributed by atoms with Crippen molar-refractivity contribution >= 4 is 28.7 Å². The third-order valence-electron chi connectivity index (χ3n) is 4.71. The van der Waals surface area contributed by atoms with Gasteiger partial charge in [-0.05, 0) is 26.8 Å². The zero-order valence-corrected chi connectivity index (χ0v) is 16.0. The van der Waals surface area contributed by atoms with E-state index in [0.717, 1.165) is 17.0 Å². The number of ether oxygens (including phenoxy) is 1. The van der Waals surface area contributed by atoms with Gasteiger partial charge in [-0.2, -0.15) is 0 Å². The SMILES string of the molecule is CC(C)(C)N(C(=O)O)C1=NC2(c3cc([N+](=O)[O-])ccc3F)COCC2CS1. The molecule has 0 spiro atoms. The number of thioether (sulfide) groups is 1. The van der Waals surface area contributed by atoms with E-state index >= 15 is 0 Å². The normalized spacial score (nSPS) is 24.9. The quantitative estimate of drug-likeness (QED) is 0.605. The fourth-order valence-corrected chi connectivity index (χ4v) is 4.82. The highest BCUT2D eigenvalue weighted by Crippen LogP contribution is 2.47. The number of aliphatic imine (C=N–C) groups is 1. The summed E-state index contributed by atoms with van der Waals surface area (Å²) < 4.78 is 20.2. The summed E-state index contributed by atoms with van der Waals surface area (Å²) in [4.78, 5) is 28.2. The second kappa shape index (κ2) is 6.75. The fraction of sp³-hybridized carbons (Fsp3) is 0.529. The molecule has 146 valence electrons. The van der Waals surface area contributed by atoms with Gasteiger partial charge in [0, 0.05) is 34.9 Å². The van der Waals surface area contributed by atoms with Gasteiger partial charge in [0.25, 0.3) is 5.69 Å². The highest BCUT2D eigenvalue weighted by Gasteiger charge is 2.51. The maximum absolute atomic E-state index is 14.7. The smallest absolute Gasteiger partial charge is 0.413 e. The van der Waals surface area contributed by atoms with Gasteiger partial charge in [0.2, 0.25) is 0 Å². The molecule has 1 amide bonds. The van der Waals surface area contributed by atoms with Crippen LogP contribution < -0.4 is 0 Å². The minimum Gasteiger partial charge on any atom is -0.465 e. The monoisotopic (exact) mass is 397 g/mol. The number of nitrogens with zero attached hydrogens (tertiary/aromatic N) is 3. The summed E-state index contributed by atoms with van der Waals surface area (Å²) in [6.07, 6.45) is -1.17. The topological polar surface area (TPSA) is 105 Å². The summed E-state index contributed by atoms with van der Waals surface area (Å²) >= 11 is 1.27. The van der Waals surface area contributed by atoms with Crippen molar-refractivity contribution < 1.29 is 24.0 Å². The number of amidine groups is 1. The molecular formula is C17H20FN3O5S. The van der Waals surface area contributed by atoms with E-state index < -0.39 is 27.9 Å². The molecular weight excluding hydrogens is 377 g/mol. The molecule has 2 unspecified atom stereocenters. The van der Waals surface area contributed by atoms with Crippen LogP contribution in [-0.4, -0.2) is 50.7 Å². The lowest BCUT2D eigenvalue weighted by Crippen LogP contribution is -2.51. The number of nitro groups is 1. The van der Waals surface area contributed by atoms with E-state index in [9.17, 15) is 24.4 Å². The number of carbonyl (C=O) groups is 1. The Balaban J connectivity index is 2.18. The van der Waals surface area contributed by atoms with E-state index in [2.05, 4.69) is 4.99 Å². The van der Waals surface area contributed by atoms with Crippen molar-refractivity contribution in [1.82, 2.24) is 4.90 Å². The molecule has 8 nitrogen and oxygen atoms in total. The second-order valence-electron chi connectivity index (χ2n) is 7.55. The molecule has 1 aromatic carbocycles. The summed E-state index contributed by atoms with van der Waals surface area (Å²) in [7, 11) is 0. The lowest BCUT2D eigenvalue weighted by Gasteiger charge is -2.40. The average molecular weight is 397 g/mol. The van der Waals surface area contributed by atoms with Crippen LogP contribution in [0, 0.1) is 21.8 Å². The van der Waals surface area contributed by atoms with Crippen LogP contribution in [0.25, 0.3) is 0 Å².